The lowest BCUT2D eigenvalue weighted by Gasteiger charge is -2.45. The van der Waals surface area contributed by atoms with E-state index in [2.05, 4.69) is 63.4 Å². The van der Waals surface area contributed by atoms with Crippen molar-refractivity contribution in [2.75, 3.05) is 26.7 Å². The van der Waals surface area contributed by atoms with Crippen molar-refractivity contribution in [3.8, 4) is 16.9 Å². The highest BCUT2D eigenvalue weighted by molar-refractivity contribution is 6.31. The number of rotatable bonds is 9. The Balaban J connectivity index is 1.19. The molecule has 39 heavy (non-hydrogen) atoms. The van der Waals surface area contributed by atoms with Gasteiger partial charge in [-0.2, -0.15) is 0 Å². The summed E-state index contributed by atoms with van der Waals surface area (Å²) in [6.45, 7) is 4.79. The van der Waals surface area contributed by atoms with E-state index in [4.69, 9.17) is 22.1 Å². The molecule has 2 atom stereocenters. The molecule has 2 aliphatic rings. The van der Waals surface area contributed by atoms with Crippen molar-refractivity contribution in [3.63, 3.8) is 0 Å². The van der Waals surface area contributed by atoms with Gasteiger partial charge in [0.25, 0.3) is 0 Å². The molecule has 0 aliphatic carbocycles. The van der Waals surface area contributed by atoms with Crippen LogP contribution in [0.2, 0.25) is 5.02 Å². The lowest BCUT2D eigenvalue weighted by atomic mass is 9.81. The minimum absolute atomic E-state index is 0.543. The molecule has 0 amide bonds. The summed E-state index contributed by atoms with van der Waals surface area (Å²) in [5.74, 6) is 1.57. The normalized spacial score (nSPS) is 21.4. The first-order valence-corrected chi connectivity index (χ1v) is 14.7. The molecular formula is C33H39ClN4O. The minimum atomic E-state index is 0.543. The number of halogens is 1. The molecule has 2 saturated heterocycles. The third-order valence-electron chi connectivity index (χ3n) is 8.49. The second-order valence-corrected chi connectivity index (χ2v) is 11.8. The van der Waals surface area contributed by atoms with Gasteiger partial charge in [-0.1, -0.05) is 48.0 Å². The zero-order valence-corrected chi connectivity index (χ0v) is 23.5. The molecule has 4 aromatic rings. The smallest absolute Gasteiger partial charge is 0.118 e. The zero-order valence-electron chi connectivity index (χ0n) is 22.8. The Kier molecular flexibility index (Phi) is 7.94. The van der Waals surface area contributed by atoms with Crippen molar-refractivity contribution in [2.24, 2.45) is 11.7 Å². The van der Waals surface area contributed by atoms with Gasteiger partial charge >= 0.3 is 0 Å². The third kappa shape index (κ3) is 5.87. The highest BCUT2D eigenvalue weighted by Crippen LogP contribution is 2.34. The quantitative estimate of drug-likeness (QED) is 0.268. The van der Waals surface area contributed by atoms with Crippen molar-refractivity contribution in [3.05, 3.63) is 89.1 Å². The molecule has 204 valence electrons. The Morgan fingerprint density at radius 2 is 1.77 bits per heavy atom. The highest BCUT2D eigenvalue weighted by atomic mass is 35.5. The van der Waals surface area contributed by atoms with Crippen LogP contribution in [0.5, 0.6) is 5.75 Å². The predicted octanol–water partition coefficient (Wildman–Crippen LogP) is 6.11. The number of likely N-dealkylation sites (tertiary alicyclic amines) is 1. The maximum Gasteiger partial charge on any atom is 0.118 e. The molecule has 2 aliphatic heterocycles. The number of piperazine rings is 1. The molecule has 2 fully saturated rings. The predicted molar refractivity (Wildman–Crippen MR) is 161 cm³/mol. The summed E-state index contributed by atoms with van der Waals surface area (Å²) >= 11 is 6.47. The van der Waals surface area contributed by atoms with Gasteiger partial charge in [0.1, 0.15) is 5.75 Å². The Morgan fingerprint density at radius 3 is 2.49 bits per heavy atom. The monoisotopic (exact) mass is 542 g/mol. The van der Waals surface area contributed by atoms with E-state index < -0.39 is 0 Å². The summed E-state index contributed by atoms with van der Waals surface area (Å²) in [6, 6.07) is 24.8. The Morgan fingerprint density at radius 1 is 1.00 bits per heavy atom. The SMILES string of the molecule is COc1ccc(-c2cn(CCCN)c3ccc(CN4CC5CC(Cc6ccccc6Cl)CC(C4)N5)cc23)cc1. The first-order valence-electron chi connectivity index (χ1n) is 14.3. The molecule has 3 N–H and O–H groups in total. The Bertz CT molecular complexity index is 1400. The molecule has 2 bridgehead atoms. The second-order valence-electron chi connectivity index (χ2n) is 11.3. The van der Waals surface area contributed by atoms with Crippen LogP contribution in [0.4, 0.5) is 0 Å². The topological polar surface area (TPSA) is 55.5 Å². The Hall–Kier alpha value is -2.83. The van der Waals surface area contributed by atoms with Crippen LogP contribution in [0, 0.1) is 5.92 Å². The summed E-state index contributed by atoms with van der Waals surface area (Å²) in [6.07, 6.45) is 6.76. The molecule has 0 saturated carbocycles. The van der Waals surface area contributed by atoms with E-state index in [9.17, 15) is 0 Å². The van der Waals surface area contributed by atoms with Gasteiger partial charge in [0.05, 0.1) is 7.11 Å². The number of piperidine rings is 1. The van der Waals surface area contributed by atoms with Gasteiger partial charge in [0.15, 0.2) is 0 Å². The number of nitrogens with two attached hydrogens (primary N) is 1. The van der Waals surface area contributed by atoms with E-state index in [-0.39, 0.29) is 0 Å². The number of nitrogens with zero attached hydrogens (tertiary/aromatic N) is 2. The fraction of sp³-hybridized carbons (Fsp3) is 0.394. The van der Waals surface area contributed by atoms with Crippen molar-refractivity contribution in [2.45, 2.75) is 50.9 Å². The Labute approximate surface area is 236 Å². The van der Waals surface area contributed by atoms with Gasteiger partial charge < -0.3 is 20.4 Å². The summed E-state index contributed by atoms with van der Waals surface area (Å²) in [7, 11) is 1.71. The lowest BCUT2D eigenvalue weighted by molar-refractivity contribution is 0.0931. The van der Waals surface area contributed by atoms with Crippen LogP contribution in [0.25, 0.3) is 22.0 Å². The first-order chi connectivity index (χ1) is 19.1. The summed E-state index contributed by atoms with van der Waals surface area (Å²) in [5.41, 5.74) is 12.3. The van der Waals surface area contributed by atoms with E-state index in [1.165, 1.54) is 46.0 Å². The molecule has 5 nitrogen and oxygen atoms in total. The molecule has 0 spiro atoms. The van der Waals surface area contributed by atoms with E-state index in [0.29, 0.717) is 24.5 Å². The van der Waals surface area contributed by atoms with Crippen LogP contribution in [0.3, 0.4) is 0 Å². The number of hydrogen-bond donors (Lipinski definition) is 2. The van der Waals surface area contributed by atoms with Gasteiger partial charge in [0.2, 0.25) is 0 Å². The average Bonchev–Trinajstić information content (AvgIpc) is 3.30. The van der Waals surface area contributed by atoms with Crippen LogP contribution >= 0.6 is 11.6 Å². The molecule has 0 radical (unpaired) electrons. The highest BCUT2D eigenvalue weighted by Gasteiger charge is 2.34. The third-order valence-corrected chi connectivity index (χ3v) is 8.86. The van der Waals surface area contributed by atoms with Crippen molar-refractivity contribution in [1.82, 2.24) is 14.8 Å². The average molecular weight is 543 g/mol. The minimum Gasteiger partial charge on any atom is -0.497 e. The first kappa shape index (κ1) is 26.4. The van der Waals surface area contributed by atoms with Crippen molar-refractivity contribution >= 4 is 22.5 Å². The lowest BCUT2D eigenvalue weighted by Crippen LogP contribution is -2.60. The van der Waals surface area contributed by atoms with E-state index in [1.807, 2.05) is 24.3 Å². The van der Waals surface area contributed by atoms with Gasteiger partial charge in [0, 0.05) is 65.9 Å². The van der Waals surface area contributed by atoms with Crippen LogP contribution in [-0.4, -0.2) is 48.3 Å². The van der Waals surface area contributed by atoms with E-state index >= 15 is 0 Å². The van der Waals surface area contributed by atoms with Crippen LogP contribution in [0.15, 0.2) is 72.9 Å². The van der Waals surface area contributed by atoms with Crippen molar-refractivity contribution in [1.29, 1.82) is 0 Å². The number of methoxy groups -OCH3 is 1. The molecule has 3 aromatic carbocycles. The molecule has 2 unspecified atom stereocenters. The number of benzene rings is 3. The molecule has 3 heterocycles. The maximum absolute atomic E-state index is 6.47. The second kappa shape index (κ2) is 11.7. The van der Waals surface area contributed by atoms with Crippen LogP contribution in [0.1, 0.15) is 30.4 Å². The number of aryl methyl sites for hydroxylation is 1. The van der Waals surface area contributed by atoms with Gasteiger partial charge in [-0.05, 0) is 85.2 Å². The fourth-order valence-corrected chi connectivity index (χ4v) is 6.95. The molecule has 1 aromatic heterocycles. The molecular weight excluding hydrogens is 504 g/mol. The number of nitrogens with one attached hydrogen (secondary N) is 1. The standard InChI is InChI=1S/C33H39ClN4O/c1-39-29-10-8-25(9-11-29)31-22-38(14-4-13-35)33-12-7-23(18-30(31)33)19-37-20-27-16-24(17-28(21-37)36-27)15-26-5-2-3-6-32(26)34/h2-3,5-12,18,22,24,27-28,36H,4,13-17,19-21,35H2,1H3. The fourth-order valence-electron chi connectivity index (χ4n) is 6.74. The summed E-state index contributed by atoms with van der Waals surface area (Å²) < 4.78 is 7.75. The number of aromatic nitrogens is 1. The number of hydrogen-bond acceptors (Lipinski definition) is 4. The zero-order chi connectivity index (χ0) is 26.8. The van der Waals surface area contributed by atoms with Crippen LogP contribution in [-0.2, 0) is 19.5 Å². The summed E-state index contributed by atoms with van der Waals surface area (Å²) in [4.78, 5) is 2.65. The van der Waals surface area contributed by atoms with E-state index in [0.717, 1.165) is 49.8 Å². The largest absolute Gasteiger partial charge is 0.497 e. The maximum atomic E-state index is 6.47. The van der Waals surface area contributed by atoms with Gasteiger partial charge in [-0.3, -0.25) is 4.90 Å². The molecule has 6 heteroatoms. The molecule has 6 rings (SSSR count). The number of fused-ring (bicyclic) bond motifs is 3. The summed E-state index contributed by atoms with van der Waals surface area (Å²) in [5, 5.41) is 6.11. The van der Waals surface area contributed by atoms with Crippen LogP contribution < -0.4 is 15.8 Å². The van der Waals surface area contributed by atoms with E-state index in [1.54, 1.807) is 7.11 Å². The van der Waals surface area contributed by atoms with Crippen molar-refractivity contribution < 1.29 is 4.74 Å². The number of ether oxygens (including phenoxy) is 1. The van der Waals surface area contributed by atoms with Gasteiger partial charge in [-0.15, -0.1) is 0 Å². The van der Waals surface area contributed by atoms with Gasteiger partial charge in [-0.25, -0.2) is 0 Å².